The Morgan fingerprint density at radius 2 is 2.00 bits per heavy atom. The van der Waals surface area contributed by atoms with E-state index >= 15 is 0 Å². The molecule has 0 aliphatic rings. The number of rotatable bonds is 3. The van der Waals surface area contributed by atoms with Crippen molar-refractivity contribution in [2.75, 3.05) is 7.11 Å². The van der Waals surface area contributed by atoms with Crippen LogP contribution in [0.1, 0.15) is 15.9 Å². The van der Waals surface area contributed by atoms with E-state index in [1.54, 1.807) is 36.5 Å². The van der Waals surface area contributed by atoms with Gasteiger partial charge in [-0.1, -0.05) is 35.9 Å². The van der Waals surface area contributed by atoms with Crippen LogP contribution in [0.25, 0.3) is 0 Å². The molecule has 0 N–H and O–H groups in total. The first-order chi connectivity index (χ1) is 9.20. The Kier molecular flexibility index (Phi) is 4.31. The standard InChI is InChI=1S/C15H12ClNO2/c1-19-15(18)14-8-3-2-5-11(14)10-17-13-7-4-6-12(16)9-13/h2-10H,1H3. The second kappa shape index (κ2) is 6.16. The normalized spacial score (nSPS) is 10.6. The number of ether oxygens (including phenoxy) is 1. The third-order valence-corrected chi connectivity index (χ3v) is 2.76. The molecule has 2 aromatic carbocycles. The van der Waals surface area contributed by atoms with Gasteiger partial charge >= 0.3 is 5.97 Å². The first-order valence-electron chi connectivity index (χ1n) is 5.67. The summed E-state index contributed by atoms with van der Waals surface area (Å²) in [6.07, 6.45) is 1.62. The molecular weight excluding hydrogens is 262 g/mol. The maximum absolute atomic E-state index is 11.6. The fraction of sp³-hybridized carbons (Fsp3) is 0.0667. The Morgan fingerprint density at radius 1 is 1.21 bits per heavy atom. The number of hydrogen-bond donors (Lipinski definition) is 0. The average Bonchev–Trinajstić information content (AvgIpc) is 2.45. The molecule has 2 aromatic rings. The zero-order valence-corrected chi connectivity index (χ0v) is 11.1. The molecule has 0 radical (unpaired) electrons. The number of esters is 1. The van der Waals surface area contributed by atoms with Crippen LogP contribution in [0.4, 0.5) is 5.69 Å². The summed E-state index contributed by atoms with van der Waals surface area (Å²) in [7, 11) is 1.35. The van der Waals surface area contributed by atoms with E-state index in [4.69, 9.17) is 16.3 Å². The summed E-state index contributed by atoms with van der Waals surface area (Å²) in [6.45, 7) is 0. The maximum atomic E-state index is 11.6. The lowest BCUT2D eigenvalue weighted by Crippen LogP contribution is -2.04. The van der Waals surface area contributed by atoms with Gasteiger partial charge in [-0.25, -0.2) is 4.79 Å². The van der Waals surface area contributed by atoms with Crippen molar-refractivity contribution in [3.05, 3.63) is 64.7 Å². The van der Waals surface area contributed by atoms with Gasteiger partial charge in [0, 0.05) is 16.8 Å². The van der Waals surface area contributed by atoms with E-state index in [1.165, 1.54) is 7.11 Å². The van der Waals surface area contributed by atoms with E-state index in [0.29, 0.717) is 16.1 Å². The van der Waals surface area contributed by atoms with Crippen LogP contribution in [0.2, 0.25) is 5.02 Å². The number of halogens is 1. The lowest BCUT2D eigenvalue weighted by molar-refractivity contribution is 0.0600. The molecular formula is C15H12ClNO2. The molecule has 0 spiro atoms. The van der Waals surface area contributed by atoms with Crippen molar-refractivity contribution >= 4 is 29.5 Å². The Bertz CT molecular complexity index is 623. The number of carbonyl (C=O) groups excluding carboxylic acids is 1. The third kappa shape index (κ3) is 3.42. The number of methoxy groups -OCH3 is 1. The highest BCUT2D eigenvalue weighted by atomic mass is 35.5. The molecule has 96 valence electrons. The van der Waals surface area contributed by atoms with Crippen LogP contribution < -0.4 is 0 Å². The van der Waals surface area contributed by atoms with Gasteiger partial charge in [0.15, 0.2) is 0 Å². The highest BCUT2D eigenvalue weighted by Gasteiger charge is 2.08. The van der Waals surface area contributed by atoms with Crippen molar-refractivity contribution in [3.8, 4) is 0 Å². The van der Waals surface area contributed by atoms with Gasteiger partial charge < -0.3 is 4.74 Å². The van der Waals surface area contributed by atoms with Gasteiger partial charge in [-0.2, -0.15) is 0 Å². The summed E-state index contributed by atoms with van der Waals surface area (Å²) < 4.78 is 4.73. The molecule has 0 bridgehead atoms. The van der Waals surface area contributed by atoms with E-state index in [0.717, 1.165) is 5.69 Å². The second-order valence-corrected chi connectivity index (χ2v) is 4.25. The van der Waals surface area contributed by atoms with Crippen LogP contribution in [0.5, 0.6) is 0 Å². The van der Waals surface area contributed by atoms with Crippen molar-refractivity contribution in [1.82, 2.24) is 0 Å². The molecule has 0 aliphatic carbocycles. The summed E-state index contributed by atoms with van der Waals surface area (Å²) >= 11 is 5.88. The third-order valence-electron chi connectivity index (χ3n) is 2.53. The van der Waals surface area contributed by atoms with Crippen molar-refractivity contribution in [2.24, 2.45) is 4.99 Å². The molecule has 2 rings (SSSR count). The zero-order chi connectivity index (χ0) is 13.7. The van der Waals surface area contributed by atoms with Crippen LogP contribution >= 0.6 is 11.6 Å². The zero-order valence-electron chi connectivity index (χ0n) is 10.3. The molecule has 4 heteroatoms. The summed E-state index contributed by atoms with van der Waals surface area (Å²) in [5, 5.41) is 0.621. The molecule has 0 aliphatic heterocycles. The summed E-state index contributed by atoms with van der Waals surface area (Å²) in [5.74, 6) is -0.381. The monoisotopic (exact) mass is 273 g/mol. The van der Waals surface area contributed by atoms with Gasteiger partial charge in [-0.05, 0) is 24.3 Å². The Hall–Kier alpha value is -2.13. The van der Waals surface area contributed by atoms with Gasteiger partial charge in [0.05, 0.1) is 18.4 Å². The minimum atomic E-state index is -0.381. The summed E-state index contributed by atoms with van der Waals surface area (Å²) in [6, 6.07) is 14.3. The van der Waals surface area contributed by atoms with Crippen LogP contribution in [0.15, 0.2) is 53.5 Å². The predicted molar refractivity (Wildman–Crippen MR) is 76.5 cm³/mol. The number of benzene rings is 2. The van der Waals surface area contributed by atoms with Crippen LogP contribution in [0, 0.1) is 0 Å². The topological polar surface area (TPSA) is 38.7 Å². The van der Waals surface area contributed by atoms with Crippen molar-refractivity contribution in [2.45, 2.75) is 0 Å². The minimum absolute atomic E-state index is 0.381. The van der Waals surface area contributed by atoms with Gasteiger partial charge in [0.1, 0.15) is 0 Å². The molecule has 0 fully saturated rings. The fourth-order valence-electron chi connectivity index (χ4n) is 1.61. The molecule has 0 aromatic heterocycles. The highest BCUT2D eigenvalue weighted by Crippen LogP contribution is 2.18. The Balaban J connectivity index is 2.31. The Labute approximate surface area is 116 Å². The Morgan fingerprint density at radius 3 is 2.74 bits per heavy atom. The first kappa shape index (κ1) is 13.3. The number of carbonyl (C=O) groups is 1. The average molecular weight is 274 g/mol. The minimum Gasteiger partial charge on any atom is -0.465 e. The van der Waals surface area contributed by atoms with E-state index in [-0.39, 0.29) is 5.97 Å². The van der Waals surface area contributed by atoms with Crippen LogP contribution in [-0.4, -0.2) is 19.3 Å². The van der Waals surface area contributed by atoms with E-state index in [9.17, 15) is 4.79 Å². The molecule has 0 heterocycles. The molecule has 3 nitrogen and oxygen atoms in total. The van der Waals surface area contributed by atoms with E-state index < -0.39 is 0 Å². The SMILES string of the molecule is COC(=O)c1ccccc1C=Nc1cccc(Cl)c1. The van der Waals surface area contributed by atoms with E-state index in [1.807, 2.05) is 18.2 Å². The second-order valence-electron chi connectivity index (χ2n) is 3.82. The lowest BCUT2D eigenvalue weighted by Gasteiger charge is -2.02. The van der Waals surface area contributed by atoms with Gasteiger partial charge in [-0.3, -0.25) is 4.99 Å². The predicted octanol–water partition coefficient (Wildman–Crippen LogP) is 3.88. The lowest BCUT2D eigenvalue weighted by atomic mass is 10.1. The fourth-order valence-corrected chi connectivity index (χ4v) is 1.79. The molecule has 0 saturated heterocycles. The largest absolute Gasteiger partial charge is 0.465 e. The van der Waals surface area contributed by atoms with Crippen molar-refractivity contribution in [1.29, 1.82) is 0 Å². The molecule has 0 saturated carbocycles. The molecule has 19 heavy (non-hydrogen) atoms. The van der Waals surface area contributed by atoms with Gasteiger partial charge in [0.2, 0.25) is 0 Å². The van der Waals surface area contributed by atoms with Crippen molar-refractivity contribution < 1.29 is 9.53 Å². The van der Waals surface area contributed by atoms with Crippen molar-refractivity contribution in [3.63, 3.8) is 0 Å². The highest BCUT2D eigenvalue weighted by molar-refractivity contribution is 6.30. The maximum Gasteiger partial charge on any atom is 0.338 e. The quantitative estimate of drug-likeness (QED) is 0.629. The number of aliphatic imine (C=N–C) groups is 1. The van der Waals surface area contributed by atoms with Gasteiger partial charge in [-0.15, -0.1) is 0 Å². The molecule has 0 amide bonds. The van der Waals surface area contributed by atoms with E-state index in [2.05, 4.69) is 4.99 Å². The first-order valence-corrected chi connectivity index (χ1v) is 6.05. The summed E-state index contributed by atoms with van der Waals surface area (Å²) in [4.78, 5) is 15.9. The number of hydrogen-bond acceptors (Lipinski definition) is 3. The summed E-state index contributed by atoms with van der Waals surface area (Å²) in [5.41, 5.74) is 1.91. The van der Waals surface area contributed by atoms with Gasteiger partial charge in [0.25, 0.3) is 0 Å². The molecule has 0 atom stereocenters. The molecule has 0 unspecified atom stereocenters. The van der Waals surface area contributed by atoms with Crippen LogP contribution in [-0.2, 0) is 4.74 Å². The van der Waals surface area contributed by atoms with Crippen LogP contribution in [0.3, 0.4) is 0 Å². The number of nitrogens with zero attached hydrogens (tertiary/aromatic N) is 1. The smallest absolute Gasteiger partial charge is 0.338 e.